The summed E-state index contributed by atoms with van der Waals surface area (Å²) in [5.41, 5.74) is 9.27. The van der Waals surface area contributed by atoms with Crippen molar-refractivity contribution >= 4 is 81.1 Å². The smallest absolute Gasteiger partial charge is 0.0561 e. The van der Waals surface area contributed by atoms with Crippen LogP contribution in [0.25, 0.3) is 69.6 Å². The molecule has 0 aliphatic carbocycles. The summed E-state index contributed by atoms with van der Waals surface area (Å²) in [4.78, 5) is 6.80. The summed E-state index contributed by atoms with van der Waals surface area (Å²) < 4.78 is 4.96. The Kier molecular flexibility index (Phi) is 6.36. The molecule has 0 amide bonds. The number of thiophene rings is 1. The zero-order valence-corrected chi connectivity index (χ0v) is 27.3. The summed E-state index contributed by atoms with van der Waals surface area (Å²) in [7, 11) is 0. The van der Waals surface area contributed by atoms with Crippen LogP contribution in [0.5, 0.6) is 0 Å². The molecule has 0 aliphatic heterocycles. The van der Waals surface area contributed by atoms with Gasteiger partial charge in [-0.1, -0.05) is 84.9 Å². The van der Waals surface area contributed by atoms with Gasteiger partial charge in [0.1, 0.15) is 0 Å². The van der Waals surface area contributed by atoms with Gasteiger partial charge in [0.15, 0.2) is 0 Å². The Morgan fingerprint density at radius 1 is 0.449 bits per heavy atom. The molecule has 0 aliphatic rings. The van der Waals surface area contributed by atoms with Crippen molar-refractivity contribution in [1.82, 2.24) is 9.55 Å². The van der Waals surface area contributed by atoms with Gasteiger partial charge in [0.25, 0.3) is 0 Å². The number of fused-ring (bicyclic) bond motifs is 7. The lowest BCUT2D eigenvalue weighted by molar-refractivity contribution is 1.18. The standard InChI is InChI=1S/C45H29N3S/c1-3-9-30(10-4-1)31-15-17-35(18-16-31)47(36-20-22-44-41(27-36)40-25-33-29-46-24-23-32(33)26-45(40)49-44)37-19-21-39-38-13-7-8-14-42(38)48(43(39)28-37)34-11-5-2-6-12-34/h1-29H. The van der Waals surface area contributed by atoms with E-state index in [2.05, 4.69) is 178 Å². The van der Waals surface area contributed by atoms with Crippen LogP contribution in [-0.2, 0) is 0 Å². The Bertz CT molecular complexity index is 2820. The third-order valence-corrected chi connectivity index (χ3v) is 10.8. The van der Waals surface area contributed by atoms with E-state index in [1.54, 1.807) is 0 Å². The lowest BCUT2D eigenvalue weighted by atomic mass is 10.0. The van der Waals surface area contributed by atoms with Crippen LogP contribution in [0.1, 0.15) is 0 Å². The molecule has 0 saturated heterocycles. The van der Waals surface area contributed by atoms with E-state index in [0.717, 1.165) is 28.1 Å². The zero-order chi connectivity index (χ0) is 32.3. The molecule has 3 aromatic heterocycles. The maximum absolute atomic E-state index is 4.40. The molecule has 0 radical (unpaired) electrons. The van der Waals surface area contributed by atoms with Crippen LogP contribution in [0, 0.1) is 0 Å². The first-order chi connectivity index (χ1) is 24.3. The number of aromatic nitrogens is 2. The SMILES string of the molecule is c1ccc(-c2ccc(N(c3ccc4sc5cc6ccncc6cc5c4c3)c3ccc4c5ccccc5n(-c5ccccc5)c4c3)cc2)cc1. The highest BCUT2D eigenvalue weighted by atomic mass is 32.1. The second-order valence-corrected chi connectivity index (χ2v) is 13.6. The predicted octanol–water partition coefficient (Wildman–Crippen LogP) is 12.8. The molecule has 3 heterocycles. The van der Waals surface area contributed by atoms with E-state index in [4.69, 9.17) is 0 Å². The van der Waals surface area contributed by atoms with E-state index in [1.165, 1.54) is 58.5 Å². The summed E-state index contributed by atoms with van der Waals surface area (Å²) in [6, 6.07) is 59.4. The first-order valence-electron chi connectivity index (χ1n) is 16.5. The van der Waals surface area contributed by atoms with E-state index in [9.17, 15) is 0 Å². The number of rotatable bonds is 5. The summed E-state index contributed by atoms with van der Waals surface area (Å²) in [5, 5.41) is 7.39. The lowest BCUT2D eigenvalue weighted by Crippen LogP contribution is -2.10. The van der Waals surface area contributed by atoms with Crippen LogP contribution in [0.4, 0.5) is 17.1 Å². The Labute approximate surface area is 287 Å². The van der Waals surface area contributed by atoms with Gasteiger partial charge < -0.3 is 9.47 Å². The molecule has 10 aromatic rings. The minimum Gasteiger partial charge on any atom is -0.310 e. The minimum absolute atomic E-state index is 1.11. The fraction of sp³-hybridized carbons (Fsp3) is 0. The van der Waals surface area contributed by atoms with Crippen LogP contribution in [0.3, 0.4) is 0 Å². The first-order valence-corrected chi connectivity index (χ1v) is 17.3. The lowest BCUT2D eigenvalue weighted by Gasteiger charge is -2.26. The van der Waals surface area contributed by atoms with Gasteiger partial charge in [-0.05, 0) is 95.4 Å². The summed E-state index contributed by atoms with van der Waals surface area (Å²) in [5.74, 6) is 0. The van der Waals surface area contributed by atoms with Gasteiger partial charge in [-0.25, -0.2) is 0 Å². The number of benzene rings is 7. The molecule has 7 aromatic carbocycles. The normalized spacial score (nSPS) is 11.7. The molecule has 0 unspecified atom stereocenters. The molecule has 10 rings (SSSR count). The Morgan fingerprint density at radius 2 is 1.12 bits per heavy atom. The van der Waals surface area contributed by atoms with Gasteiger partial charge in [0.05, 0.1) is 11.0 Å². The quantitative estimate of drug-likeness (QED) is 0.186. The van der Waals surface area contributed by atoms with Gasteiger partial charge in [-0.2, -0.15) is 0 Å². The number of para-hydroxylation sites is 2. The van der Waals surface area contributed by atoms with Crippen molar-refractivity contribution < 1.29 is 0 Å². The van der Waals surface area contributed by atoms with Crippen molar-refractivity contribution in [2.45, 2.75) is 0 Å². The van der Waals surface area contributed by atoms with Crippen molar-refractivity contribution in [3.05, 3.63) is 176 Å². The summed E-state index contributed by atoms with van der Waals surface area (Å²) in [6.07, 6.45) is 3.83. The van der Waals surface area contributed by atoms with E-state index in [0.29, 0.717) is 0 Å². The van der Waals surface area contributed by atoms with Crippen LogP contribution in [0.2, 0.25) is 0 Å². The molecule has 230 valence electrons. The molecule has 0 saturated carbocycles. The zero-order valence-electron chi connectivity index (χ0n) is 26.5. The molecule has 4 heteroatoms. The molecule has 49 heavy (non-hydrogen) atoms. The van der Waals surface area contributed by atoms with E-state index in [1.807, 2.05) is 23.7 Å². The van der Waals surface area contributed by atoms with Crippen molar-refractivity contribution in [3.8, 4) is 16.8 Å². The maximum atomic E-state index is 4.40. The molecule has 0 spiro atoms. The van der Waals surface area contributed by atoms with E-state index >= 15 is 0 Å². The summed E-state index contributed by atoms with van der Waals surface area (Å²) >= 11 is 1.85. The fourth-order valence-electron chi connectivity index (χ4n) is 7.32. The van der Waals surface area contributed by atoms with Gasteiger partial charge >= 0.3 is 0 Å². The average Bonchev–Trinajstić information content (AvgIpc) is 3.69. The number of nitrogens with zero attached hydrogens (tertiary/aromatic N) is 3. The summed E-state index contributed by atoms with van der Waals surface area (Å²) in [6.45, 7) is 0. The van der Waals surface area contributed by atoms with E-state index in [-0.39, 0.29) is 0 Å². The Hall–Kier alpha value is -6.23. The van der Waals surface area contributed by atoms with Crippen molar-refractivity contribution in [3.63, 3.8) is 0 Å². The fourth-order valence-corrected chi connectivity index (χ4v) is 8.44. The average molecular weight is 644 g/mol. The van der Waals surface area contributed by atoms with Crippen LogP contribution in [-0.4, -0.2) is 9.55 Å². The number of hydrogen-bond donors (Lipinski definition) is 0. The van der Waals surface area contributed by atoms with Crippen molar-refractivity contribution in [1.29, 1.82) is 0 Å². The molecule has 0 fully saturated rings. The Balaban J connectivity index is 1.20. The van der Waals surface area contributed by atoms with Gasteiger partial charge in [0, 0.05) is 71.5 Å². The van der Waals surface area contributed by atoms with Crippen LogP contribution in [0.15, 0.2) is 176 Å². The third-order valence-electron chi connectivity index (χ3n) is 9.63. The Morgan fingerprint density at radius 3 is 1.98 bits per heavy atom. The predicted molar refractivity (Wildman–Crippen MR) is 209 cm³/mol. The van der Waals surface area contributed by atoms with Gasteiger partial charge in [-0.3, -0.25) is 4.98 Å². The second-order valence-electron chi connectivity index (χ2n) is 12.5. The highest BCUT2D eigenvalue weighted by molar-refractivity contribution is 7.25. The highest BCUT2D eigenvalue weighted by Gasteiger charge is 2.19. The number of pyridine rings is 1. The topological polar surface area (TPSA) is 21.1 Å². The first kappa shape index (κ1) is 27.8. The van der Waals surface area contributed by atoms with Gasteiger partial charge in [0.2, 0.25) is 0 Å². The molecule has 0 bridgehead atoms. The largest absolute Gasteiger partial charge is 0.310 e. The van der Waals surface area contributed by atoms with Crippen molar-refractivity contribution in [2.24, 2.45) is 0 Å². The second kappa shape index (κ2) is 11.2. The third kappa shape index (κ3) is 4.61. The van der Waals surface area contributed by atoms with Crippen LogP contribution < -0.4 is 4.90 Å². The molecule has 0 N–H and O–H groups in total. The number of hydrogen-bond acceptors (Lipinski definition) is 3. The van der Waals surface area contributed by atoms with Crippen molar-refractivity contribution in [2.75, 3.05) is 4.90 Å². The maximum Gasteiger partial charge on any atom is 0.0561 e. The monoisotopic (exact) mass is 643 g/mol. The molecular formula is C45H29N3S. The molecular weight excluding hydrogens is 615 g/mol. The minimum atomic E-state index is 1.11. The number of anilines is 3. The van der Waals surface area contributed by atoms with Gasteiger partial charge in [-0.15, -0.1) is 11.3 Å². The molecule has 3 nitrogen and oxygen atoms in total. The van der Waals surface area contributed by atoms with E-state index < -0.39 is 0 Å². The van der Waals surface area contributed by atoms with Crippen LogP contribution >= 0.6 is 11.3 Å². The molecule has 0 atom stereocenters. The highest BCUT2D eigenvalue weighted by Crippen LogP contribution is 2.43.